The summed E-state index contributed by atoms with van der Waals surface area (Å²) in [4.78, 5) is 4.20. The summed E-state index contributed by atoms with van der Waals surface area (Å²) in [6.07, 6.45) is 5.97. The van der Waals surface area contributed by atoms with E-state index in [0.717, 1.165) is 12.1 Å². The van der Waals surface area contributed by atoms with Gasteiger partial charge in [0.15, 0.2) is 0 Å². The Hall–Kier alpha value is -1.86. The van der Waals surface area contributed by atoms with Crippen molar-refractivity contribution < 1.29 is 13.2 Å². The Morgan fingerprint density at radius 1 is 1.36 bits per heavy atom. The molecule has 0 unspecified atom stereocenters. The lowest BCUT2D eigenvalue weighted by Crippen LogP contribution is -2.25. The zero-order valence-electron chi connectivity index (χ0n) is 12.8. The molecule has 0 bridgehead atoms. The van der Waals surface area contributed by atoms with Gasteiger partial charge in [-0.1, -0.05) is 0 Å². The van der Waals surface area contributed by atoms with Gasteiger partial charge >= 0.3 is 0 Å². The molecule has 2 rings (SSSR count). The molecule has 0 fully saturated rings. The third-order valence-electron chi connectivity index (χ3n) is 3.20. The highest BCUT2D eigenvalue weighted by atomic mass is 32.2. The van der Waals surface area contributed by atoms with E-state index in [1.54, 1.807) is 30.7 Å². The molecule has 0 saturated heterocycles. The molecule has 0 saturated carbocycles. The first-order valence-electron chi connectivity index (χ1n) is 7.22. The molecule has 6 nitrogen and oxygen atoms in total. The van der Waals surface area contributed by atoms with Crippen LogP contribution in [0.25, 0.3) is 0 Å². The summed E-state index contributed by atoms with van der Waals surface area (Å²) in [6.45, 7) is 5.39. The van der Waals surface area contributed by atoms with Crippen molar-refractivity contribution in [3.63, 3.8) is 0 Å². The van der Waals surface area contributed by atoms with E-state index in [-0.39, 0.29) is 4.90 Å². The first-order valence-corrected chi connectivity index (χ1v) is 8.70. The van der Waals surface area contributed by atoms with E-state index >= 15 is 0 Å². The van der Waals surface area contributed by atoms with Gasteiger partial charge in [-0.2, -0.15) is 0 Å². The predicted octanol–water partition coefficient (Wildman–Crippen LogP) is 1.96. The van der Waals surface area contributed by atoms with Crippen LogP contribution in [0, 0.1) is 6.92 Å². The van der Waals surface area contributed by atoms with Crippen LogP contribution in [0.2, 0.25) is 0 Å². The molecule has 0 aliphatic heterocycles. The van der Waals surface area contributed by atoms with E-state index in [2.05, 4.69) is 9.71 Å². The number of imidazole rings is 1. The number of aryl methyl sites for hydroxylation is 2. The fourth-order valence-corrected chi connectivity index (χ4v) is 3.24. The molecular weight excluding hydrogens is 302 g/mol. The Morgan fingerprint density at radius 2 is 2.18 bits per heavy atom. The maximum absolute atomic E-state index is 12.2. The molecule has 0 spiro atoms. The number of aromatic nitrogens is 2. The highest BCUT2D eigenvalue weighted by Crippen LogP contribution is 2.21. The molecule has 22 heavy (non-hydrogen) atoms. The zero-order valence-corrected chi connectivity index (χ0v) is 13.6. The van der Waals surface area contributed by atoms with Crippen molar-refractivity contribution >= 4 is 10.0 Å². The molecule has 120 valence electrons. The quantitative estimate of drug-likeness (QED) is 0.754. The number of rotatable bonds is 8. The van der Waals surface area contributed by atoms with E-state index in [9.17, 15) is 8.42 Å². The number of nitrogens with one attached hydrogen (secondary N) is 1. The van der Waals surface area contributed by atoms with Crippen LogP contribution >= 0.6 is 0 Å². The number of sulfonamides is 1. The Labute approximate surface area is 131 Å². The lowest BCUT2D eigenvalue weighted by atomic mass is 10.2. The largest absolute Gasteiger partial charge is 0.494 e. The Bertz CT molecular complexity index is 697. The van der Waals surface area contributed by atoms with Gasteiger partial charge in [0, 0.05) is 25.5 Å². The molecule has 7 heteroatoms. The van der Waals surface area contributed by atoms with E-state index in [1.165, 1.54) is 0 Å². The monoisotopic (exact) mass is 323 g/mol. The summed E-state index contributed by atoms with van der Waals surface area (Å²) in [6, 6.07) is 4.89. The Morgan fingerprint density at radius 3 is 2.82 bits per heavy atom. The molecule has 0 radical (unpaired) electrons. The molecule has 0 aliphatic rings. The van der Waals surface area contributed by atoms with Gasteiger partial charge in [-0.15, -0.1) is 0 Å². The summed E-state index contributed by atoms with van der Waals surface area (Å²) in [5.74, 6) is 0.710. The van der Waals surface area contributed by atoms with Gasteiger partial charge in [0.25, 0.3) is 0 Å². The summed E-state index contributed by atoms with van der Waals surface area (Å²) in [5, 5.41) is 0. The van der Waals surface area contributed by atoms with E-state index in [0.29, 0.717) is 25.3 Å². The Kier molecular flexibility index (Phi) is 5.57. The van der Waals surface area contributed by atoms with Gasteiger partial charge < -0.3 is 9.30 Å². The number of ether oxygens (including phenoxy) is 1. The zero-order chi connectivity index (χ0) is 16.0. The van der Waals surface area contributed by atoms with Crippen LogP contribution < -0.4 is 9.46 Å². The smallest absolute Gasteiger partial charge is 0.240 e. The van der Waals surface area contributed by atoms with Gasteiger partial charge in [-0.25, -0.2) is 18.1 Å². The van der Waals surface area contributed by atoms with Crippen molar-refractivity contribution in [1.29, 1.82) is 0 Å². The maximum Gasteiger partial charge on any atom is 0.240 e. The van der Waals surface area contributed by atoms with E-state index in [4.69, 9.17) is 4.74 Å². The van der Waals surface area contributed by atoms with Crippen LogP contribution in [-0.2, 0) is 16.6 Å². The van der Waals surface area contributed by atoms with Crippen molar-refractivity contribution in [2.45, 2.75) is 31.7 Å². The van der Waals surface area contributed by atoms with Crippen molar-refractivity contribution in [2.75, 3.05) is 13.2 Å². The lowest BCUT2D eigenvalue weighted by molar-refractivity contribution is 0.337. The van der Waals surface area contributed by atoms with Crippen LogP contribution in [-0.4, -0.2) is 31.1 Å². The average Bonchev–Trinajstić information content (AvgIpc) is 2.99. The van der Waals surface area contributed by atoms with Crippen LogP contribution in [0.5, 0.6) is 5.75 Å². The minimum Gasteiger partial charge on any atom is -0.494 e. The normalized spacial score (nSPS) is 11.5. The highest BCUT2D eigenvalue weighted by molar-refractivity contribution is 7.89. The minimum atomic E-state index is -3.49. The number of benzene rings is 1. The van der Waals surface area contributed by atoms with Gasteiger partial charge in [0.05, 0.1) is 17.8 Å². The molecule has 0 aliphatic carbocycles. The molecule has 0 atom stereocenters. The summed E-state index contributed by atoms with van der Waals surface area (Å²) < 4.78 is 34.4. The second-order valence-corrected chi connectivity index (χ2v) is 6.68. The Balaban J connectivity index is 1.93. The van der Waals surface area contributed by atoms with Crippen LogP contribution in [0.15, 0.2) is 41.8 Å². The van der Waals surface area contributed by atoms with Crippen molar-refractivity contribution in [3.8, 4) is 5.75 Å². The number of hydrogen-bond donors (Lipinski definition) is 1. The molecule has 1 N–H and O–H groups in total. The third-order valence-corrected chi connectivity index (χ3v) is 4.66. The number of hydrogen-bond acceptors (Lipinski definition) is 4. The van der Waals surface area contributed by atoms with Gasteiger partial charge in [-0.05, 0) is 44.0 Å². The third kappa shape index (κ3) is 4.32. The van der Waals surface area contributed by atoms with Gasteiger partial charge in [0.2, 0.25) is 10.0 Å². The van der Waals surface area contributed by atoms with Crippen molar-refractivity contribution in [2.24, 2.45) is 0 Å². The average molecular weight is 323 g/mol. The topological polar surface area (TPSA) is 73.2 Å². The molecule has 2 aromatic rings. The summed E-state index contributed by atoms with van der Waals surface area (Å²) in [7, 11) is -3.49. The standard InChI is InChI=1S/C15H21N3O3S/c1-3-21-15-6-5-14(11-13(15)2)22(19,20)17-7-4-9-18-10-8-16-12-18/h5-6,8,10-12,17H,3-4,7,9H2,1-2H3. The molecular formula is C15H21N3O3S. The van der Waals surface area contributed by atoms with Gasteiger partial charge in [0.1, 0.15) is 5.75 Å². The van der Waals surface area contributed by atoms with E-state index < -0.39 is 10.0 Å². The second-order valence-electron chi connectivity index (χ2n) is 4.91. The van der Waals surface area contributed by atoms with Crippen molar-refractivity contribution in [3.05, 3.63) is 42.5 Å². The summed E-state index contributed by atoms with van der Waals surface area (Å²) in [5.41, 5.74) is 0.808. The molecule has 0 amide bonds. The minimum absolute atomic E-state index is 0.260. The first kappa shape index (κ1) is 16.5. The number of nitrogens with zero attached hydrogens (tertiary/aromatic N) is 2. The lowest BCUT2D eigenvalue weighted by Gasteiger charge is -2.10. The maximum atomic E-state index is 12.2. The molecule has 1 aromatic heterocycles. The van der Waals surface area contributed by atoms with Crippen LogP contribution in [0.3, 0.4) is 0 Å². The van der Waals surface area contributed by atoms with Crippen molar-refractivity contribution in [1.82, 2.24) is 14.3 Å². The van der Waals surface area contributed by atoms with Gasteiger partial charge in [-0.3, -0.25) is 0 Å². The van der Waals surface area contributed by atoms with E-state index in [1.807, 2.05) is 24.6 Å². The van der Waals surface area contributed by atoms with Crippen LogP contribution in [0.4, 0.5) is 0 Å². The van der Waals surface area contributed by atoms with Crippen LogP contribution in [0.1, 0.15) is 18.9 Å². The fourth-order valence-electron chi connectivity index (χ4n) is 2.08. The molecule has 1 heterocycles. The second kappa shape index (κ2) is 7.42. The SMILES string of the molecule is CCOc1ccc(S(=O)(=O)NCCCn2ccnc2)cc1C. The fraction of sp³-hybridized carbons (Fsp3) is 0.400. The summed E-state index contributed by atoms with van der Waals surface area (Å²) >= 11 is 0. The molecule has 1 aromatic carbocycles. The highest BCUT2D eigenvalue weighted by Gasteiger charge is 2.14. The predicted molar refractivity (Wildman–Crippen MR) is 84.4 cm³/mol. The first-order chi connectivity index (χ1) is 10.5.